The largest absolute Gasteiger partial charge is 0.375 e. The van der Waals surface area contributed by atoms with E-state index in [0.717, 1.165) is 30.9 Å². The zero-order chi connectivity index (χ0) is 11.7. The quantitative estimate of drug-likeness (QED) is 0.809. The highest BCUT2D eigenvalue weighted by Gasteiger charge is 2.30. The van der Waals surface area contributed by atoms with E-state index in [2.05, 4.69) is 9.88 Å². The predicted molar refractivity (Wildman–Crippen MR) is 64.2 cm³/mol. The molecule has 0 bridgehead atoms. The third-order valence-corrected chi connectivity index (χ3v) is 3.71. The van der Waals surface area contributed by atoms with Gasteiger partial charge in [0, 0.05) is 24.5 Å². The fourth-order valence-electron chi connectivity index (χ4n) is 1.83. The number of halogens is 1. The van der Waals surface area contributed by atoms with Gasteiger partial charge in [0.05, 0.1) is 0 Å². The zero-order valence-corrected chi connectivity index (χ0v) is 10.4. The van der Waals surface area contributed by atoms with Gasteiger partial charge in [-0.05, 0) is 20.5 Å². The van der Waals surface area contributed by atoms with Crippen LogP contribution in [0, 0.1) is 0 Å². The van der Waals surface area contributed by atoms with Crippen molar-refractivity contribution in [1.29, 1.82) is 0 Å². The summed E-state index contributed by atoms with van der Waals surface area (Å²) in [6.45, 7) is 2.34. The molecule has 0 saturated heterocycles. The fourth-order valence-corrected chi connectivity index (χ4v) is 2.67. The Kier molecular flexibility index (Phi) is 3.41. The number of rotatable bonds is 3. The first-order valence-corrected chi connectivity index (χ1v) is 6.17. The standard InChI is InChI=1S/C10H17FN4S/c1-14(2)5-6-15-4-3-7-8(9(15)11)13-10(12)16-7/h9H,3-6H2,1-2H3,(H2,12,13). The van der Waals surface area contributed by atoms with E-state index in [9.17, 15) is 4.39 Å². The van der Waals surface area contributed by atoms with Crippen LogP contribution in [0.15, 0.2) is 0 Å². The fraction of sp³-hybridized carbons (Fsp3) is 0.700. The lowest BCUT2D eigenvalue weighted by atomic mass is 10.1. The van der Waals surface area contributed by atoms with Crippen LogP contribution in [0.2, 0.25) is 0 Å². The zero-order valence-electron chi connectivity index (χ0n) is 9.61. The van der Waals surface area contributed by atoms with Gasteiger partial charge in [-0.1, -0.05) is 0 Å². The number of likely N-dealkylation sites (N-methyl/N-ethyl adjacent to an activating group) is 1. The number of nitrogens with two attached hydrogens (primary N) is 1. The summed E-state index contributed by atoms with van der Waals surface area (Å²) in [5, 5.41) is 0.474. The second-order valence-corrected chi connectivity index (χ2v) is 5.40. The summed E-state index contributed by atoms with van der Waals surface area (Å²) >= 11 is 1.41. The van der Waals surface area contributed by atoms with Crippen molar-refractivity contribution < 1.29 is 4.39 Å². The Bertz CT molecular complexity index is 366. The van der Waals surface area contributed by atoms with Crippen molar-refractivity contribution in [3.8, 4) is 0 Å². The van der Waals surface area contributed by atoms with Crippen molar-refractivity contribution in [1.82, 2.24) is 14.8 Å². The first-order chi connectivity index (χ1) is 7.58. The molecule has 1 unspecified atom stereocenters. The minimum Gasteiger partial charge on any atom is -0.375 e. The molecule has 0 aromatic carbocycles. The molecular formula is C10H17FN4S. The molecule has 1 atom stereocenters. The first-order valence-electron chi connectivity index (χ1n) is 5.36. The van der Waals surface area contributed by atoms with Crippen LogP contribution in [0.1, 0.15) is 16.9 Å². The molecule has 90 valence electrons. The Morgan fingerprint density at radius 2 is 2.38 bits per heavy atom. The van der Waals surface area contributed by atoms with Gasteiger partial charge in [0.15, 0.2) is 11.4 Å². The highest BCUT2D eigenvalue weighted by atomic mass is 32.1. The highest BCUT2D eigenvalue weighted by molar-refractivity contribution is 7.15. The number of anilines is 1. The lowest BCUT2D eigenvalue weighted by Gasteiger charge is -2.30. The van der Waals surface area contributed by atoms with Gasteiger partial charge in [0.2, 0.25) is 0 Å². The molecule has 1 aromatic heterocycles. The number of hydrogen-bond acceptors (Lipinski definition) is 5. The van der Waals surface area contributed by atoms with E-state index in [1.54, 1.807) is 0 Å². The summed E-state index contributed by atoms with van der Waals surface area (Å²) in [5.74, 6) is 0. The van der Waals surface area contributed by atoms with Crippen LogP contribution in [0.5, 0.6) is 0 Å². The summed E-state index contributed by atoms with van der Waals surface area (Å²) in [7, 11) is 3.98. The second-order valence-electron chi connectivity index (χ2n) is 4.29. The molecule has 1 aromatic rings. The third kappa shape index (κ3) is 2.34. The number of nitrogen functional groups attached to an aromatic ring is 1. The Morgan fingerprint density at radius 3 is 3.06 bits per heavy atom. The third-order valence-electron chi connectivity index (χ3n) is 2.75. The van der Waals surface area contributed by atoms with Gasteiger partial charge in [-0.25, -0.2) is 9.37 Å². The van der Waals surface area contributed by atoms with Crippen molar-refractivity contribution in [3.05, 3.63) is 10.6 Å². The molecule has 1 aliphatic heterocycles. The van der Waals surface area contributed by atoms with E-state index in [-0.39, 0.29) is 0 Å². The van der Waals surface area contributed by atoms with E-state index >= 15 is 0 Å². The maximum atomic E-state index is 14.1. The average Bonchev–Trinajstić information content (AvgIpc) is 2.58. The molecule has 6 heteroatoms. The van der Waals surface area contributed by atoms with E-state index in [4.69, 9.17) is 5.73 Å². The highest BCUT2D eigenvalue weighted by Crippen LogP contribution is 2.34. The summed E-state index contributed by atoms with van der Waals surface area (Å²) in [5.41, 5.74) is 6.14. The Morgan fingerprint density at radius 1 is 1.62 bits per heavy atom. The van der Waals surface area contributed by atoms with Gasteiger partial charge in [-0.15, -0.1) is 11.3 Å². The van der Waals surface area contributed by atoms with Gasteiger partial charge in [-0.2, -0.15) is 0 Å². The van der Waals surface area contributed by atoms with E-state index in [1.165, 1.54) is 11.3 Å². The first kappa shape index (κ1) is 11.8. The number of aromatic nitrogens is 1. The number of thiazole rings is 1. The van der Waals surface area contributed by atoms with Crippen LogP contribution >= 0.6 is 11.3 Å². The number of alkyl halides is 1. The number of fused-ring (bicyclic) bond motifs is 1. The van der Waals surface area contributed by atoms with Gasteiger partial charge in [0.1, 0.15) is 5.69 Å². The molecule has 0 radical (unpaired) electrons. The molecule has 4 nitrogen and oxygen atoms in total. The van der Waals surface area contributed by atoms with Gasteiger partial charge < -0.3 is 10.6 Å². The van der Waals surface area contributed by atoms with Gasteiger partial charge >= 0.3 is 0 Å². The van der Waals surface area contributed by atoms with Crippen LogP contribution in [-0.2, 0) is 6.42 Å². The van der Waals surface area contributed by atoms with E-state index in [1.807, 2.05) is 19.0 Å². The van der Waals surface area contributed by atoms with Crippen molar-refractivity contribution in [2.75, 3.05) is 39.5 Å². The maximum Gasteiger partial charge on any atom is 0.197 e. The minimum absolute atomic E-state index is 0.474. The molecule has 0 amide bonds. The number of hydrogen-bond donors (Lipinski definition) is 1. The van der Waals surface area contributed by atoms with Crippen LogP contribution in [-0.4, -0.2) is 48.5 Å². The molecular weight excluding hydrogens is 227 g/mol. The SMILES string of the molecule is CN(C)CCN1CCc2sc(N)nc2C1F. The number of nitrogens with zero attached hydrogens (tertiary/aromatic N) is 3. The summed E-state index contributed by atoms with van der Waals surface area (Å²) < 4.78 is 14.1. The lowest BCUT2D eigenvalue weighted by molar-refractivity contribution is 0.0633. The van der Waals surface area contributed by atoms with Crippen LogP contribution in [0.3, 0.4) is 0 Å². The second kappa shape index (κ2) is 4.65. The van der Waals surface area contributed by atoms with Crippen LogP contribution in [0.4, 0.5) is 9.52 Å². The summed E-state index contributed by atoms with van der Waals surface area (Å²) in [6.07, 6.45) is -0.227. The van der Waals surface area contributed by atoms with Gasteiger partial charge in [-0.3, -0.25) is 4.90 Å². The Labute approximate surface area is 98.9 Å². The molecule has 0 spiro atoms. The average molecular weight is 244 g/mol. The van der Waals surface area contributed by atoms with E-state index in [0.29, 0.717) is 10.8 Å². The normalized spacial score (nSPS) is 21.4. The molecule has 0 saturated carbocycles. The van der Waals surface area contributed by atoms with Crippen molar-refractivity contribution >= 4 is 16.5 Å². The maximum absolute atomic E-state index is 14.1. The summed E-state index contributed by atoms with van der Waals surface area (Å²) in [4.78, 5) is 8.96. The van der Waals surface area contributed by atoms with Crippen molar-refractivity contribution in [3.63, 3.8) is 0 Å². The van der Waals surface area contributed by atoms with Crippen LogP contribution in [0.25, 0.3) is 0 Å². The molecule has 0 fully saturated rings. The Balaban J connectivity index is 2.05. The Hall–Kier alpha value is -0.720. The minimum atomic E-state index is -1.09. The van der Waals surface area contributed by atoms with Gasteiger partial charge in [0.25, 0.3) is 0 Å². The molecule has 0 aliphatic carbocycles. The van der Waals surface area contributed by atoms with Crippen molar-refractivity contribution in [2.24, 2.45) is 0 Å². The summed E-state index contributed by atoms with van der Waals surface area (Å²) in [6, 6.07) is 0. The lowest BCUT2D eigenvalue weighted by Crippen LogP contribution is -2.37. The monoisotopic (exact) mass is 244 g/mol. The topological polar surface area (TPSA) is 45.4 Å². The predicted octanol–water partition coefficient (Wildman–Crippen LogP) is 1.11. The molecule has 2 heterocycles. The van der Waals surface area contributed by atoms with E-state index < -0.39 is 6.30 Å². The molecule has 16 heavy (non-hydrogen) atoms. The smallest absolute Gasteiger partial charge is 0.197 e. The molecule has 2 rings (SSSR count). The van der Waals surface area contributed by atoms with Crippen molar-refractivity contribution in [2.45, 2.75) is 12.7 Å². The molecule has 1 aliphatic rings. The van der Waals surface area contributed by atoms with Crippen LogP contribution < -0.4 is 5.73 Å². The molecule has 2 N–H and O–H groups in total.